The summed E-state index contributed by atoms with van der Waals surface area (Å²) in [5.74, 6) is 0.0923. The smallest absolute Gasteiger partial charge is 0.321 e. The Hall–Kier alpha value is -2.04. The van der Waals surface area contributed by atoms with Crippen LogP contribution in [0.1, 0.15) is 32.3 Å². The molecule has 5 nitrogen and oxygen atoms in total. The van der Waals surface area contributed by atoms with E-state index in [1.165, 1.54) is 0 Å². The molecule has 0 bridgehead atoms. The molecule has 0 aliphatic carbocycles. The molecule has 0 radical (unpaired) electrons. The zero-order valence-electron chi connectivity index (χ0n) is 14.3. The first-order valence-corrected chi connectivity index (χ1v) is 8.47. The monoisotopic (exact) mass is 317 g/mol. The lowest BCUT2D eigenvalue weighted by Gasteiger charge is -2.34. The van der Waals surface area contributed by atoms with Gasteiger partial charge in [0.25, 0.3) is 0 Å². The van der Waals surface area contributed by atoms with Gasteiger partial charge in [-0.1, -0.05) is 18.2 Å². The first-order valence-electron chi connectivity index (χ1n) is 8.47. The fourth-order valence-corrected chi connectivity index (χ4v) is 3.06. The van der Waals surface area contributed by atoms with Crippen LogP contribution in [0, 0.1) is 12.8 Å². The van der Waals surface area contributed by atoms with Gasteiger partial charge in [0.2, 0.25) is 5.91 Å². The summed E-state index contributed by atoms with van der Waals surface area (Å²) in [4.78, 5) is 28.6. The van der Waals surface area contributed by atoms with Gasteiger partial charge in [0.1, 0.15) is 0 Å². The fraction of sp³-hybridized carbons (Fsp3) is 0.556. The number of hydrogen-bond acceptors (Lipinski definition) is 2. The number of carbonyl (C=O) groups is 2. The lowest BCUT2D eigenvalue weighted by molar-refractivity contribution is -0.136. The number of benzene rings is 1. The van der Waals surface area contributed by atoms with E-state index in [-0.39, 0.29) is 17.9 Å². The van der Waals surface area contributed by atoms with Crippen LogP contribution in [0.15, 0.2) is 24.3 Å². The van der Waals surface area contributed by atoms with Crippen LogP contribution in [0.4, 0.5) is 10.5 Å². The molecular formula is C18H27N3O2. The van der Waals surface area contributed by atoms with Crippen molar-refractivity contribution in [3.05, 3.63) is 29.8 Å². The molecule has 0 spiro atoms. The van der Waals surface area contributed by atoms with Crippen LogP contribution in [-0.2, 0) is 4.79 Å². The first kappa shape index (κ1) is 17.3. The summed E-state index contributed by atoms with van der Waals surface area (Å²) in [6.07, 6.45) is 1.74. The lowest BCUT2D eigenvalue weighted by Crippen LogP contribution is -2.48. The molecule has 126 valence electrons. The standard InChI is InChI=1S/C18H27N3O2/c1-4-20(5-2)17(22)15-10-8-12-21(13-15)18(23)19-16-11-7-6-9-14(16)3/h6-7,9,11,15H,4-5,8,10,12-13H2,1-3H3,(H,19,23). The number of nitrogens with one attached hydrogen (secondary N) is 1. The van der Waals surface area contributed by atoms with Gasteiger partial charge in [-0.05, 0) is 45.2 Å². The topological polar surface area (TPSA) is 52.7 Å². The average molecular weight is 317 g/mol. The lowest BCUT2D eigenvalue weighted by atomic mass is 9.96. The van der Waals surface area contributed by atoms with Gasteiger partial charge in [0.15, 0.2) is 0 Å². The van der Waals surface area contributed by atoms with E-state index >= 15 is 0 Å². The molecule has 0 aromatic heterocycles. The molecule has 1 fully saturated rings. The van der Waals surface area contributed by atoms with Crippen molar-refractivity contribution in [3.63, 3.8) is 0 Å². The number of anilines is 1. The van der Waals surface area contributed by atoms with Crippen molar-refractivity contribution < 1.29 is 9.59 Å². The van der Waals surface area contributed by atoms with Crippen molar-refractivity contribution in [2.75, 3.05) is 31.5 Å². The van der Waals surface area contributed by atoms with E-state index in [9.17, 15) is 9.59 Å². The Morgan fingerprint density at radius 2 is 1.96 bits per heavy atom. The molecule has 0 saturated carbocycles. The number of rotatable bonds is 4. The summed E-state index contributed by atoms with van der Waals surface area (Å²) in [5.41, 5.74) is 1.86. The summed E-state index contributed by atoms with van der Waals surface area (Å²) in [5, 5.41) is 2.96. The van der Waals surface area contributed by atoms with Crippen molar-refractivity contribution in [1.29, 1.82) is 0 Å². The minimum atomic E-state index is -0.114. The highest BCUT2D eigenvalue weighted by Crippen LogP contribution is 2.21. The number of hydrogen-bond donors (Lipinski definition) is 1. The van der Waals surface area contributed by atoms with Gasteiger partial charge < -0.3 is 15.1 Å². The second-order valence-electron chi connectivity index (χ2n) is 6.04. The highest BCUT2D eigenvalue weighted by atomic mass is 16.2. The second kappa shape index (κ2) is 7.99. The maximum atomic E-state index is 12.5. The number of nitrogens with zero attached hydrogens (tertiary/aromatic N) is 2. The third kappa shape index (κ3) is 4.24. The molecule has 23 heavy (non-hydrogen) atoms. The van der Waals surface area contributed by atoms with Crippen molar-refractivity contribution in [2.45, 2.75) is 33.6 Å². The van der Waals surface area contributed by atoms with Gasteiger partial charge in [-0.2, -0.15) is 0 Å². The van der Waals surface area contributed by atoms with Crippen LogP contribution in [0.25, 0.3) is 0 Å². The van der Waals surface area contributed by atoms with Crippen molar-refractivity contribution in [1.82, 2.24) is 9.80 Å². The van der Waals surface area contributed by atoms with Crippen LogP contribution >= 0.6 is 0 Å². The average Bonchev–Trinajstić information content (AvgIpc) is 2.58. The molecule has 1 unspecified atom stereocenters. The summed E-state index contributed by atoms with van der Waals surface area (Å²) in [6, 6.07) is 7.61. The molecule has 1 aliphatic rings. The summed E-state index contributed by atoms with van der Waals surface area (Å²) >= 11 is 0. The summed E-state index contributed by atoms with van der Waals surface area (Å²) in [6.45, 7) is 8.62. The first-order chi connectivity index (χ1) is 11.1. The van der Waals surface area contributed by atoms with E-state index in [1.54, 1.807) is 4.90 Å². The predicted molar refractivity (Wildman–Crippen MR) is 92.4 cm³/mol. The van der Waals surface area contributed by atoms with Gasteiger partial charge in [0.05, 0.1) is 5.92 Å². The third-order valence-electron chi connectivity index (χ3n) is 4.52. The van der Waals surface area contributed by atoms with E-state index in [4.69, 9.17) is 0 Å². The molecule has 1 aromatic carbocycles. The molecule has 1 N–H and O–H groups in total. The molecular weight excluding hydrogens is 290 g/mol. The van der Waals surface area contributed by atoms with Crippen LogP contribution < -0.4 is 5.32 Å². The molecule has 2 rings (SSSR count). The van der Waals surface area contributed by atoms with Gasteiger partial charge in [-0.25, -0.2) is 4.79 Å². The Morgan fingerprint density at radius 1 is 1.26 bits per heavy atom. The Balaban J connectivity index is 1.99. The van der Waals surface area contributed by atoms with Crippen molar-refractivity contribution in [3.8, 4) is 0 Å². The van der Waals surface area contributed by atoms with Crippen LogP contribution in [0.3, 0.4) is 0 Å². The molecule has 1 atom stereocenters. The van der Waals surface area contributed by atoms with Crippen LogP contribution in [-0.4, -0.2) is 47.9 Å². The third-order valence-corrected chi connectivity index (χ3v) is 4.52. The molecule has 3 amide bonds. The normalized spacial score (nSPS) is 17.7. The number of para-hydroxylation sites is 1. The molecule has 1 saturated heterocycles. The Bertz CT molecular complexity index is 555. The van der Waals surface area contributed by atoms with E-state index in [2.05, 4.69) is 5.32 Å². The number of aryl methyl sites for hydroxylation is 1. The molecule has 5 heteroatoms. The minimum Gasteiger partial charge on any atom is -0.343 e. The number of likely N-dealkylation sites (tertiary alicyclic amines) is 1. The number of carbonyl (C=O) groups excluding carboxylic acids is 2. The SMILES string of the molecule is CCN(CC)C(=O)C1CCCN(C(=O)Nc2ccccc2C)C1. The molecule has 1 heterocycles. The Morgan fingerprint density at radius 3 is 2.61 bits per heavy atom. The maximum absolute atomic E-state index is 12.5. The fourth-order valence-electron chi connectivity index (χ4n) is 3.06. The quantitative estimate of drug-likeness (QED) is 0.927. The largest absolute Gasteiger partial charge is 0.343 e. The van der Waals surface area contributed by atoms with Crippen LogP contribution in [0.5, 0.6) is 0 Å². The molecule has 1 aromatic rings. The van der Waals surface area contributed by atoms with Gasteiger partial charge in [-0.3, -0.25) is 4.79 Å². The van der Waals surface area contributed by atoms with Crippen molar-refractivity contribution >= 4 is 17.6 Å². The Labute approximate surface area is 138 Å². The highest BCUT2D eigenvalue weighted by Gasteiger charge is 2.30. The minimum absolute atomic E-state index is 0.0775. The highest BCUT2D eigenvalue weighted by molar-refractivity contribution is 5.90. The number of urea groups is 1. The number of amides is 3. The van der Waals surface area contributed by atoms with Crippen molar-refractivity contribution in [2.24, 2.45) is 5.92 Å². The summed E-state index contributed by atoms with van der Waals surface area (Å²) in [7, 11) is 0. The maximum Gasteiger partial charge on any atom is 0.321 e. The molecule has 1 aliphatic heterocycles. The zero-order chi connectivity index (χ0) is 16.8. The van der Waals surface area contributed by atoms with Gasteiger partial charge in [-0.15, -0.1) is 0 Å². The van der Waals surface area contributed by atoms with Crippen LogP contribution in [0.2, 0.25) is 0 Å². The van der Waals surface area contributed by atoms with Gasteiger partial charge in [0, 0.05) is 31.9 Å². The second-order valence-corrected chi connectivity index (χ2v) is 6.04. The van der Waals surface area contributed by atoms with E-state index in [1.807, 2.05) is 49.9 Å². The summed E-state index contributed by atoms with van der Waals surface area (Å²) < 4.78 is 0. The van der Waals surface area contributed by atoms with Gasteiger partial charge >= 0.3 is 6.03 Å². The van der Waals surface area contributed by atoms with E-state index in [0.29, 0.717) is 13.1 Å². The Kier molecular flexibility index (Phi) is 6.02. The van der Waals surface area contributed by atoms with E-state index in [0.717, 1.165) is 37.2 Å². The predicted octanol–water partition coefficient (Wildman–Crippen LogP) is 3.11. The zero-order valence-corrected chi connectivity index (χ0v) is 14.3. The number of piperidine rings is 1. The van der Waals surface area contributed by atoms with E-state index < -0.39 is 0 Å².